The Hall–Kier alpha value is -3.24. The number of benzene rings is 1. The number of hydrogen-bond donors (Lipinski definition) is 0. The van der Waals surface area contributed by atoms with Crippen molar-refractivity contribution in [1.29, 1.82) is 0 Å². The first-order valence-corrected chi connectivity index (χ1v) is 16.0. The lowest BCUT2D eigenvalue weighted by atomic mass is 10.2. The second-order valence-electron chi connectivity index (χ2n) is 9.92. The lowest BCUT2D eigenvalue weighted by Gasteiger charge is -2.34. The van der Waals surface area contributed by atoms with E-state index in [1.54, 1.807) is 45.0 Å². The first-order valence-electron chi connectivity index (χ1n) is 14.5. The van der Waals surface area contributed by atoms with Gasteiger partial charge in [0.2, 0.25) is 10.0 Å². The molecule has 1 aromatic rings. The van der Waals surface area contributed by atoms with E-state index in [1.807, 2.05) is 39.4 Å². The molecule has 0 atom stereocenters. The Kier molecular flexibility index (Phi) is 16.0. The van der Waals surface area contributed by atoms with Crippen molar-refractivity contribution in [2.75, 3.05) is 91.8 Å². The zero-order valence-corrected chi connectivity index (χ0v) is 26.5. The Balaban J connectivity index is 2.44. The first-order chi connectivity index (χ1) is 20.7. The van der Waals surface area contributed by atoms with Crippen LogP contribution in [-0.4, -0.2) is 137 Å². The van der Waals surface area contributed by atoms with Crippen molar-refractivity contribution in [1.82, 2.24) is 19.0 Å². The van der Waals surface area contributed by atoms with Gasteiger partial charge >= 0.3 is 0 Å². The molecule has 1 fully saturated rings. The molecule has 1 aliphatic rings. The topological polar surface area (TPSA) is 126 Å². The molecule has 0 spiro atoms. The number of aryl methyl sites for hydroxylation is 1. The van der Waals surface area contributed by atoms with E-state index in [-0.39, 0.29) is 54.9 Å². The summed E-state index contributed by atoms with van der Waals surface area (Å²) in [7, 11) is -3.86. The fourth-order valence-corrected chi connectivity index (χ4v) is 5.97. The Labute approximate surface area is 255 Å². The van der Waals surface area contributed by atoms with Crippen LogP contribution in [0.4, 0.5) is 0 Å². The van der Waals surface area contributed by atoms with Gasteiger partial charge in [0.1, 0.15) is 0 Å². The summed E-state index contributed by atoms with van der Waals surface area (Å²) in [6.45, 7) is 11.4. The molecule has 0 saturated carbocycles. The Morgan fingerprint density at radius 2 is 0.953 bits per heavy atom. The highest BCUT2D eigenvalue weighted by Crippen LogP contribution is 2.17. The summed E-state index contributed by atoms with van der Waals surface area (Å²) < 4.78 is 45.4. The summed E-state index contributed by atoms with van der Waals surface area (Å²) in [5.41, 5.74) is 0.944. The molecule has 1 saturated heterocycles. The predicted octanol–water partition coefficient (Wildman–Crippen LogP) is 1.16. The predicted molar refractivity (Wildman–Crippen MR) is 162 cm³/mol. The van der Waals surface area contributed by atoms with E-state index in [2.05, 4.69) is 0 Å². The van der Waals surface area contributed by atoms with Crippen molar-refractivity contribution in [3.05, 3.63) is 47.1 Å². The van der Waals surface area contributed by atoms with Crippen LogP contribution in [0.5, 0.6) is 0 Å². The maximum atomic E-state index is 13.8. The zero-order valence-electron chi connectivity index (χ0n) is 25.7. The largest absolute Gasteiger partial charge is 0.486 e. The van der Waals surface area contributed by atoms with Gasteiger partial charge in [-0.05, 0) is 39.8 Å². The summed E-state index contributed by atoms with van der Waals surface area (Å²) in [4.78, 5) is 40.7. The standard InChI is InChI=1S/C30H44N4O8S/c1-5-40-27(23-35)20-31-12-14-32(21-28(24-36)41-6-2)16-18-34(43(38,39)30-10-8-26(4)9-11-30)19-17-33(15-13-31)22-29(25-37)42-7-3/h8-11H,5-7,12-22H2,1-4H3. The minimum atomic E-state index is -3.86. The fourth-order valence-electron chi connectivity index (χ4n) is 4.55. The second kappa shape index (κ2) is 19.1. The van der Waals surface area contributed by atoms with Gasteiger partial charge in [-0.3, -0.25) is 14.7 Å². The minimum absolute atomic E-state index is 0.132. The summed E-state index contributed by atoms with van der Waals surface area (Å²) in [5.74, 6) is 6.00. The molecular formula is C30H44N4O8S. The van der Waals surface area contributed by atoms with Crippen LogP contribution in [0.2, 0.25) is 0 Å². The SMILES string of the molecule is CCOC(=C=O)CN1CCN(CC(=C=O)OCC)CCN(S(=O)(=O)c2ccc(C)cc2)CCN(CC(=C=O)OCC)CC1. The van der Waals surface area contributed by atoms with Crippen LogP contribution >= 0.6 is 0 Å². The van der Waals surface area contributed by atoms with E-state index in [0.717, 1.165) is 5.56 Å². The summed E-state index contributed by atoms with van der Waals surface area (Å²) in [6.07, 6.45) is 0. The van der Waals surface area contributed by atoms with Crippen molar-refractivity contribution < 1.29 is 37.0 Å². The molecule has 0 radical (unpaired) electrons. The van der Waals surface area contributed by atoms with Crippen molar-refractivity contribution in [2.24, 2.45) is 0 Å². The van der Waals surface area contributed by atoms with Crippen molar-refractivity contribution in [3.63, 3.8) is 0 Å². The molecule has 12 nitrogen and oxygen atoms in total. The number of hydrogen-bond acceptors (Lipinski definition) is 11. The van der Waals surface area contributed by atoms with Gasteiger partial charge in [-0.15, -0.1) is 0 Å². The van der Waals surface area contributed by atoms with E-state index in [0.29, 0.717) is 59.1 Å². The fraction of sp³-hybridized carbons (Fsp3) is 0.600. The number of sulfonamides is 1. The van der Waals surface area contributed by atoms with E-state index in [4.69, 9.17) is 14.2 Å². The second-order valence-corrected chi connectivity index (χ2v) is 11.9. The first kappa shape index (κ1) is 36.0. The van der Waals surface area contributed by atoms with Gasteiger partial charge in [0.05, 0.1) is 44.4 Å². The molecule has 2 rings (SSSR count). The molecule has 1 aliphatic heterocycles. The molecule has 1 heterocycles. The van der Waals surface area contributed by atoms with E-state index >= 15 is 0 Å². The summed E-state index contributed by atoms with van der Waals surface area (Å²) in [5, 5.41) is 0. The molecule has 0 amide bonds. The molecule has 0 unspecified atom stereocenters. The molecule has 43 heavy (non-hydrogen) atoms. The molecule has 0 aromatic heterocycles. The van der Waals surface area contributed by atoms with Gasteiger partial charge in [-0.25, -0.2) is 22.8 Å². The van der Waals surface area contributed by atoms with Gasteiger partial charge in [0.25, 0.3) is 0 Å². The summed E-state index contributed by atoms with van der Waals surface area (Å²) in [6, 6.07) is 6.70. The molecule has 13 heteroatoms. The Morgan fingerprint density at radius 1 is 0.628 bits per heavy atom. The van der Waals surface area contributed by atoms with Crippen LogP contribution in [0.15, 0.2) is 46.4 Å². The van der Waals surface area contributed by atoms with Gasteiger partial charge in [-0.1, -0.05) is 17.7 Å². The average molecular weight is 621 g/mol. The van der Waals surface area contributed by atoms with E-state index < -0.39 is 10.0 Å². The monoisotopic (exact) mass is 620 g/mol. The lowest BCUT2D eigenvalue weighted by Crippen LogP contribution is -2.48. The lowest BCUT2D eigenvalue weighted by molar-refractivity contribution is 0.125. The van der Waals surface area contributed by atoms with Crippen molar-refractivity contribution in [2.45, 2.75) is 32.6 Å². The molecule has 1 aromatic carbocycles. The maximum absolute atomic E-state index is 13.8. The van der Waals surface area contributed by atoms with E-state index in [1.165, 1.54) is 4.31 Å². The summed E-state index contributed by atoms with van der Waals surface area (Å²) >= 11 is 0. The van der Waals surface area contributed by atoms with Gasteiger partial charge in [-0.2, -0.15) is 4.31 Å². The number of carbonyl (C=O) groups excluding carboxylic acids is 3. The van der Waals surface area contributed by atoms with Crippen LogP contribution in [0.1, 0.15) is 26.3 Å². The smallest absolute Gasteiger partial charge is 0.243 e. The Bertz CT molecular complexity index is 1220. The maximum Gasteiger partial charge on any atom is 0.243 e. The highest BCUT2D eigenvalue weighted by atomic mass is 32.2. The average Bonchev–Trinajstić information content (AvgIpc) is 2.99. The van der Waals surface area contributed by atoms with Crippen LogP contribution in [0.25, 0.3) is 0 Å². The third kappa shape index (κ3) is 12.1. The van der Waals surface area contributed by atoms with Crippen LogP contribution in [0.3, 0.4) is 0 Å². The number of rotatable bonds is 14. The van der Waals surface area contributed by atoms with Crippen molar-refractivity contribution >= 4 is 27.8 Å². The Morgan fingerprint density at radius 3 is 1.26 bits per heavy atom. The highest BCUT2D eigenvalue weighted by molar-refractivity contribution is 7.89. The van der Waals surface area contributed by atoms with Gasteiger partial charge in [0.15, 0.2) is 35.1 Å². The molecule has 0 N–H and O–H groups in total. The minimum Gasteiger partial charge on any atom is -0.486 e. The third-order valence-corrected chi connectivity index (χ3v) is 8.77. The molecule has 238 valence electrons. The van der Waals surface area contributed by atoms with Crippen LogP contribution in [-0.2, 0) is 38.6 Å². The molecule has 0 bridgehead atoms. The number of nitrogens with zero attached hydrogens (tertiary/aromatic N) is 4. The quantitative estimate of drug-likeness (QED) is 0.220. The number of ether oxygens (including phenoxy) is 3. The third-order valence-electron chi connectivity index (χ3n) is 6.85. The van der Waals surface area contributed by atoms with Crippen LogP contribution in [0, 0.1) is 6.92 Å². The van der Waals surface area contributed by atoms with Gasteiger partial charge in [0, 0.05) is 52.4 Å². The highest BCUT2D eigenvalue weighted by Gasteiger charge is 2.27. The van der Waals surface area contributed by atoms with Gasteiger partial charge < -0.3 is 14.2 Å². The molecule has 0 aliphatic carbocycles. The zero-order chi connectivity index (χ0) is 31.7. The van der Waals surface area contributed by atoms with Crippen LogP contribution < -0.4 is 0 Å². The normalized spacial score (nSPS) is 16.5. The molecular weight excluding hydrogens is 576 g/mol. The van der Waals surface area contributed by atoms with E-state index in [9.17, 15) is 22.8 Å². The van der Waals surface area contributed by atoms with Crippen molar-refractivity contribution in [3.8, 4) is 0 Å².